The highest BCUT2D eigenvalue weighted by Crippen LogP contribution is 2.41. The van der Waals surface area contributed by atoms with Gasteiger partial charge in [0.15, 0.2) is 23.0 Å². The van der Waals surface area contributed by atoms with Gasteiger partial charge in [0.2, 0.25) is 11.5 Å². The molecule has 1 saturated heterocycles. The fourth-order valence-electron chi connectivity index (χ4n) is 3.90. The van der Waals surface area contributed by atoms with Crippen molar-refractivity contribution in [3.8, 4) is 34.5 Å². The number of benzene rings is 2. The lowest BCUT2D eigenvalue weighted by Crippen LogP contribution is -2.46. The average molecular weight is 469 g/mol. The molecule has 0 radical (unpaired) electrons. The zero-order chi connectivity index (χ0) is 22.4. The minimum atomic E-state index is 0. The third kappa shape index (κ3) is 5.37. The Hall–Kier alpha value is -2.71. The molecule has 8 nitrogen and oxygen atoms in total. The van der Waals surface area contributed by atoms with E-state index >= 15 is 0 Å². The number of nitrogens with zero attached hydrogens (tertiary/aromatic N) is 2. The Bertz CT molecular complexity index is 837. The smallest absolute Gasteiger partial charge is 0.203 e. The summed E-state index contributed by atoms with van der Waals surface area (Å²) in [6.07, 6.45) is 0. The number of halogens is 1. The van der Waals surface area contributed by atoms with Crippen LogP contribution in [0.15, 0.2) is 24.3 Å². The lowest BCUT2D eigenvalue weighted by Gasteiger charge is -2.36. The van der Waals surface area contributed by atoms with Gasteiger partial charge in [-0.15, -0.1) is 12.4 Å². The minimum absolute atomic E-state index is 0. The van der Waals surface area contributed by atoms with E-state index in [9.17, 15) is 0 Å². The summed E-state index contributed by atoms with van der Waals surface area (Å²) in [6.45, 7) is 4.44. The van der Waals surface area contributed by atoms with Crippen LogP contribution in [0.3, 0.4) is 0 Å². The summed E-state index contributed by atoms with van der Waals surface area (Å²) in [4.78, 5) is 4.74. The molecule has 0 bridgehead atoms. The molecule has 0 amide bonds. The lowest BCUT2D eigenvalue weighted by molar-refractivity contribution is 0.248. The number of hydrogen-bond donors (Lipinski definition) is 0. The Morgan fingerprint density at radius 1 is 0.594 bits per heavy atom. The van der Waals surface area contributed by atoms with E-state index in [0.29, 0.717) is 34.5 Å². The van der Waals surface area contributed by atoms with Crippen molar-refractivity contribution < 1.29 is 28.4 Å². The summed E-state index contributed by atoms with van der Waals surface area (Å²) in [7, 11) is 9.77. The molecular formula is C23H33ClN2O6. The van der Waals surface area contributed by atoms with Crippen LogP contribution in [-0.2, 0) is 6.54 Å². The van der Waals surface area contributed by atoms with Gasteiger partial charge in [-0.1, -0.05) is 0 Å². The first kappa shape index (κ1) is 25.5. The van der Waals surface area contributed by atoms with Crippen LogP contribution in [0.2, 0.25) is 0 Å². The van der Waals surface area contributed by atoms with Gasteiger partial charge < -0.3 is 33.3 Å². The lowest BCUT2D eigenvalue weighted by atomic mass is 10.1. The van der Waals surface area contributed by atoms with Gasteiger partial charge in [-0.25, -0.2) is 0 Å². The minimum Gasteiger partial charge on any atom is -0.493 e. The molecule has 0 unspecified atom stereocenters. The second kappa shape index (κ2) is 11.8. The molecule has 1 aliphatic heterocycles. The van der Waals surface area contributed by atoms with Crippen molar-refractivity contribution in [2.45, 2.75) is 6.54 Å². The molecule has 1 heterocycles. The first-order valence-corrected chi connectivity index (χ1v) is 10.1. The molecule has 0 saturated carbocycles. The molecule has 9 heteroatoms. The van der Waals surface area contributed by atoms with E-state index in [1.165, 1.54) is 0 Å². The maximum absolute atomic E-state index is 5.50. The first-order chi connectivity index (χ1) is 15.1. The third-order valence-electron chi connectivity index (χ3n) is 5.52. The highest BCUT2D eigenvalue weighted by Gasteiger charge is 2.22. The van der Waals surface area contributed by atoms with E-state index in [0.717, 1.165) is 44.0 Å². The van der Waals surface area contributed by atoms with Crippen molar-refractivity contribution in [1.82, 2.24) is 4.90 Å². The van der Waals surface area contributed by atoms with Crippen molar-refractivity contribution >= 4 is 18.1 Å². The molecule has 178 valence electrons. The number of hydrogen-bond acceptors (Lipinski definition) is 8. The van der Waals surface area contributed by atoms with Gasteiger partial charge in [0.25, 0.3) is 0 Å². The summed E-state index contributed by atoms with van der Waals surface area (Å²) >= 11 is 0. The van der Waals surface area contributed by atoms with Crippen LogP contribution < -0.4 is 33.3 Å². The van der Waals surface area contributed by atoms with Gasteiger partial charge in [0.05, 0.1) is 42.7 Å². The predicted octanol–water partition coefficient (Wildman–Crippen LogP) is 3.48. The molecule has 1 fully saturated rings. The molecule has 2 aromatic rings. The molecule has 0 aromatic heterocycles. The average Bonchev–Trinajstić information content (AvgIpc) is 2.82. The summed E-state index contributed by atoms with van der Waals surface area (Å²) in [5, 5.41) is 0. The summed E-state index contributed by atoms with van der Waals surface area (Å²) < 4.78 is 32.8. The molecule has 1 aliphatic rings. The number of ether oxygens (including phenoxy) is 6. The molecule has 32 heavy (non-hydrogen) atoms. The van der Waals surface area contributed by atoms with Gasteiger partial charge in [-0.3, -0.25) is 4.90 Å². The van der Waals surface area contributed by atoms with Crippen molar-refractivity contribution in [1.29, 1.82) is 0 Å². The van der Waals surface area contributed by atoms with Crippen LogP contribution in [0.25, 0.3) is 0 Å². The fourth-order valence-corrected chi connectivity index (χ4v) is 3.90. The fraction of sp³-hybridized carbons (Fsp3) is 0.478. The van der Waals surface area contributed by atoms with Crippen molar-refractivity contribution in [2.75, 3.05) is 73.7 Å². The zero-order valence-corrected chi connectivity index (χ0v) is 20.4. The van der Waals surface area contributed by atoms with Crippen LogP contribution in [0, 0.1) is 0 Å². The summed E-state index contributed by atoms with van der Waals surface area (Å²) in [5.41, 5.74) is 2.18. The normalized spacial score (nSPS) is 13.8. The molecule has 0 aliphatic carbocycles. The number of methoxy groups -OCH3 is 6. The Balaban J connectivity index is 0.00000363. The highest BCUT2D eigenvalue weighted by atomic mass is 35.5. The monoisotopic (exact) mass is 468 g/mol. The second-order valence-corrected chi connectivity index (χ2v) is 7.18. The van der Waals surface area contributed by atoms with Crippen molar-refractivity contribution in [3.63, 3.8) is 0 Å². The van der Waals surface area contributed by atoms with Crippen LogP contribution in [0.4, 0.5) is 5.69 Å². The molecule has 0 atom stereocenters. The number of rotatable bonds is 9. The van der Waals surface area contributed by atoms with E-state index in [1.807, 2.05) is 24.3 Å². The summed E-state index contributed by atoms with van der Waals surface area (Å²) in [6, 6.07) is 8.01. The highest BCUT2D eigenvalue weighted by molar-refractivity contribution is 5.85. The largest absolute Gasteiger partial charge is 0.493 e. The Morgan fingerprint density at radius 2 is 1.00 bits per heavy atom. The van der Waals surface area contributed by atoms with E-state index in [1.54, 1.807) is 42.7 Å². The number of piperazine rings is 1. The molecule has 3 rings (SSSR count). The van der Waals surface area contributed by atoms with Crippen LogP contribution in [0.5, 0.6) is 34.5 Å². The van der Waals surface area contributed by atoms with E-state index in [4.69, 9.17) is 28.4 Å². The SMILES string of the molecule is COc1cc(CN2CCN(c3cc(OC)c(OC)c(OC)c3)CC2)cc(OC)c1OC.Cl. The third-order valence-corrected chi connectivity index (χ3v) is 5.52. The standard InChI is InChI=1S/C23H32N2O6.ClH/c1-26-18-11-16(12-19(27-2)22(18)30-5)15-24-7-9-25(10-8-24)17-13-20(28-3)23(31-6)21(14-17)29-4;/h11-14H,7-10,15H2,1-6H3;1H. The molecular weight excluding hydrogens is 436 g/mol. The van der Waals surface area contributed by atoms with Crippen LogP contribution in [-0.4, -0.2) is 73.7 Å². The van der Waals surface area contributed by atoms with Crippen molar-refractivity contribution in [2.24, 2.45) is 0 Å². The predicted molar refractivity (Wildman–Crippen MR) is 127 cm³/mol. The zero-order valence-electron chi connectivity index (χ0n) is 19.6. The van der Waals surface area contributed by atoms with Gasteiger partial charge in [-0.2, -0.15) is 0 Å². The Kier molecular flexibility index (Phi) is 9.41. The topological polar surface area (TPSA) is 61.9 Å². The van der Waals surface area contributed by atoms with Crippen molar-refractivity contribution in [3.05, 3.63) is 29.8 Å². The van der Waals surface area contributed by atoms with Gasteiger partial charge in [0.1, 0.15) is 0 Å². The van der Waals surface area contributed by atoms with Gasteiger partial charge in [-0.05, 0) is 17.7 Å². The van der Waals surface area contributed by atoms with Gasteiger partial charge >= 0.3 is 0 Å². The maximum Gasteiger partial charge on any atom is 0.203 e. The van der Waals surface area contributed by atoms with Crippen LogP contribution in [0.1, 0.15) is 5.56 Å². The molecule has 0 N–H and O–H groups in total. The maximum atomic E-state index is 5.50. The van der Waals surface area contributed by atoms with Crippen LogP contribution >= 0.6 is 12.4 Å². The molecule has 0 spiro atoms. The van der Waals surface area contributed by atoms with E-state index in [2.05, 4.69) is 9.80 Å². The first-order valence-electron chi connectivity index (χ1n) is 10.1. The Labute approximate surface area is 196 Å². The van der Waals surface area contributed by atoms with E-state index < -0.39 is 0 Å². The second-order valence-electron chi connectivity index (χ2n) is 7.18. The number of anilines is 1. The van der Waals surface area contributed by atoms with E-state index in [-0.39, 0.29) is 12.4 Å². The van der Waals surface area contributed by atoms with Gasteiger partial charge in [0, 0.05) is 50.5 Å². The summed E-state index contributed by atoms with van der Waals surface area (Å²) in [5.74, 6) is 3.89. The molecule has 2 aromatic carbocycles. The Morgan fingerprint density at radius 3 is 1.38 bits per heavy atom. The quantitative estimate of drug-likeness (QED) is 0.554.